The fourth-order valence-corrected chi connectivity index (χ4v) is 3.66. The van der Waals surface area contributed by atoms with E-state index in [1.54, 1.807) is 30.5 Å². The van der Waals surface area contributed by atoms with Crippen LogP contribution in [0.5, 0.6) is 0 Å². The molecule has 0 saturated carbocycles. The highest BCUT2D eigenvalue weighted by molar-refractivity contribution is 7.90. The van der Waals surface area contributed by atoms with Crippen molar-refractivity contribution in [2.45, 2.75) is 11.3 Å². The summed E-state index contributed by atoms with van der Waals surface area (Å²) >= 11 is 0. The van der Waals surface area contributed by atoms with Gasteiger partial charge in [0.05, 0.1) is 17.0 Å². The second kappa shape index (κ2) is 6.44. The number of sulfonamides is 1. The van der Waals surface area contributed by atoms with Crippen molar-refractivity contribution in [2.75, 3.05) is 19.7 Å². The van der Waals surface area contributed by atoms with Gasteiger partial charge in [-0.05, 0) is 24.3 Å². The van der Waals surface area contributed by atoms with Crippen LogP contribution in [0.1, 0.15) is 6.42 Å². The van der Waals surface area contributed by atoms with Crippen molar-refractivity contribution in [3.63, 3.8) is 0 Å². The van der Waals surface area contributed by atoms with Crippen molar-refractivity contribution >= 4 is 32.9 Å². The van der Waals surface area contributed by atoms with Gasteiger partial charge in [-0.3, -0.25) is 9.78 Å². The number of rotatable bonds is 5. The number of fused-ring (bicyclic) bond motifs is 1. The van der Waals surface area contributed by atoms with Crippen molar-refractivity contribution in [3.05, 3.63) is 36.5 Å². The van der Waals surface area contributed by atoms with E-state index in [1.165, 1.54) is 11.0 Å². The second-order valence-electron chi connectivity index (χ2n) is 5.21. The lowest BCUT2D eigenvalue weighted by atomic mass is 10.2. The van der Waals surface area contributed by atoms with Crippen LogP contribution in [-0.4, -0.2) is 50.0 Å². The Bertz CT molecular complexity index is 892. The third kappa shape index (κ3) is 3.30. The third-order valence-corrected chi connectivity index (χ3v) is 5.03. The molecule has 2 heterocycles. The molecule has 8 nitrogen and oxygen atoms in total. The van der Waals surface area contributed by atoms with Crippen LogP contribution in [-0.2, 0) is 19.6 Å². The Kier molecular flexibility index (Phi) is 4.34. The molecule has 0 unspecified atom stereocenters. The highest BCUT2D eigenvalue weighted by Crippen LogP contribution is 2.21. The fraction of sp³-hybridized carbons (Fsp3) is 0.267. The SMILES string of the molecule is O=C(CCN1CCOC1=O)NS(=O)(=O)c1cccc2ncccc12. The number of pyridine rings is 1. The zero-order chi connectivity index (χ0) is 17.2. The van der Waals surface area contributed by atoms with Gasteiger partial charge in [-0.1, -0.05) is 6.07 Å². The quantitative estimate of drug-likeness (QED) is 0.859. The highest BCUT2D eigenvalue weighted by atomic mass is 32.2. The average Bonchev–Trinajstić information content (AvgIpc) is 2.97. The molecule has 1 aliphatic rings. The largest absolute Gasteiger partial charge is 0.448 e. The predicted molar refractivity (Wildman–Crippen MR) is 84.6 cm³/mol. The molecule has 126 valence electrons. The van der Waals surface area contributed by atoms with E-state index in [4.69, 9.17) is 4.74 Å². The number of nitrogens with one attached hydrogen (secondary N) is 1. The van der Waals surface area contributed by atoms with E-state index in [9.17, 15) is 18.0 Å². The molecule has 0 bridgehead atoms. The van der Waals surface area contributed by atoms with Crippen molar-refractivity contribution in [2.24, 2.45) is 0 Å². The fourth-order valence-electron chi connectivity index (χ4n) is 2.43. The molecule has 9 heteroatoms. The smallest absolute Gasteiger partial charge is 0.409 e. The van der Waals surface area contributed by atoms with Gasteiger partial charge in [0, 0.05) is 24.5 Å². The summed E-state index contributed by atoms with van der Waals surface area (Å²) in [6.45, 7) is 0.785. The number of carbonyl (C=O) groups is 2. The van der Waals surface area contributed by atoms with E-state index in [1.807, 2.05) is 4.72 Å². The number of hydrogen-bond donors (Lipinski definition) is 1. The number of hydrogen-bond acceptors (Lipinski definition) is 6. The molecule has 2 amide bonds. The van der Waals surface area contributed by atoms with Gasteiger partial charge in [-0.25, -0.2) is 17.9 Å². The number of nitrogens with zero attached hydrogens (tertiary/aromatic N) is 2. The maximum atomic E-state index is 12.5. The molecule has 0 radical (unpaired) electrons. The minimum Gasteiger partial charge on any atom is -0.448 e. The van der Waals surface area contributed by atoms with Crippen molar-refractivity contribution in [1.29, 1.82) is 0 Å². The predicted octanol–water partition coefficient (Wildman–Crippen LogP) is 0.882. The van der Waals surface area contributed by atoms with Crippen molar-refractivity contribution < 1.29 is 22.7 Å². The molecule has 1 aliphatic heterocycles. The lowest BCUT2D eigenvalue weighted by molar-refractivity contribution is -0.119. The summed E-state index contributed by atoms with van der Waals surface area (Å²) in [7, 11) is -4.02. The Labute approximate surface area is 138 Å². The molecule has 1 fully saturated rings. The van der Waals surface area contributed by atoms with E-state index in [2.05, 4.69) is 4.98 Å². The number of benzene rings is 1. The highest BCUT2D eigenvalue weighted by Gasteiger charge is 2.24. The molecular weight excluding hydrogens is 334 g/mol. The van der Waals surface area contributed by atoms with E-state index < -0.39 is 22.0 Å². The Balaban J connectivity index is 1.73. The molecule has 0 atom stereocenters. The number of cyclic esters (lactones) is 1. The first-order valence-corrected chi connectivity index (χ1v) is 8.77. The molecule has 2 aromatic rings. The van der Waals surface area contributed by atoms with Crippen LogP contribution in [0.2, 0.25) is 0 Å². The average molecular weight is 349 g/mol. The van der Waals surface area contributed by atoms with E-state index in [-0.39, 0.29) is 24.5 Å². The molecule has 1 saturated heterocycles. The molecule has 0 spiro atoms. The van der Waals surface area contributed by atoms with Gasteiger partial charge < -0.3 is 9.64 Å². The monoisotopic (exact) mass is 349 g/mol. The standard InChI is InChI=1S/C15H15N3O5S/c19-14(6-8-18-9-10-23-15(18)20)17-24(21,22)13-5-1-4-12-11(13)3-2-7-16-12/h1-5,7H,6,8-10H2,(H,17,19). The van der Waals surface area contributed by atoms with Gasteiger partial charge in [-0.15, -0.1) is 0 Å². The summed E-state index contributed by atoms with van der Waals surface area (Å²) in [5, 5.41) is 0.434. The molecule has 1 aromatic carbocycles. The van der Waals surface area contributed by atoms with Crippen LogP contribution in [0, 0.1) is 0 Å². The number of ether oxygens (including phenoxy) is 1. The summed E-state index contributed by atoms with van der Waals surface area (Å²) in [6.07, 6.45) is 0.940. The van der Waals surface area contributed by atoms with Gasteiger partial charge in [0.15, 0.2) is 0 Å². The molecule has 1 N–H and O–H groups in total. The Hall–Kier alpha value is -2.68. The van der Waals surface area contributed by atoms with Crippen LogP contribution >= 0.6 is 0 Å². The first kappa shape index (κ1) is 16.2. The molecule has 24 heavy (non-hydrogen) atoms. The Morgan fingerprint density at radius 1 is 1.29 bits per heavy atom. The van der Waals surface area contributed by atoms with E-state index in [0.717, 1.165) is 0 Å². The molecule has 1 aromatic heterocycles. The maximum absolute atomic E-state index is 12.5. The summed E-state index contributed by atoms with van der Waals surface area (Å²) < 4.78 is 31.7. The summed E-state index contributed by atoms with van der Waals surface area (Å²) in [6, 6.07) is 7.92. The summed E-state index contributed by atoms with van der Waals surface area (Å²) in [4.78, 5) is 28.7. The van der Waals surface area contributed by atoms with E-state index >= 15 is 0 Å². The zero-order valence-corrected chi connectivity index (χ0v) is 13.5. The lowest BCUT2D eigenvalue weighted by Gasteiger charge is -2.13. The molecular formula is C15H15N3O5S. The normalized spacial score (nSPS) is 14.7. The van der Waals surface area contributed by atoms with Gasteiger partial charge in [-0.2, -0.15) is 0 Å². The van der Waals surface area contributed by atoms with Crippen LogP contribution < -0.4 is 4.72 Å². The first-order chi connectivity index (χ1) is 11.5. The third-order valence-electron chi connectivity index (χ3n) is 3.60. The molecule has 3 rings (SSSR count). The lowest BCUT2D eigenvalue weighted by Crippen LogP contribution is -2.34. The van der Waals surface area contributed by atoms with Crippen molar-refractivity contribution in [3.8, 4) is 0 Å². The van der Waals surface area contributed by atoms with Crippen LogP contribution in [0.3, 0.4) is 0 Å². The number of carbonyl (C=O) groups excluding carboxylic acids is 2. The number of amides is 2. The Morgan fingerprint density at radius 2 is 2.12 bits per heavy atom. The Morgan fingerprint density at radius 3 is 2.88 bits per heavy atom. The van der Waals surface area contributed by atoms with Gasteiger partial charge >= 0.3 is 6.09 Å². The minimum atomic E-state index is -4.02. The van der Waals surface area contributed by atoms with Crippen LogP contribution in [0.15, 0.2) is 41.4 Å². The van der Waals surface area contributed by atoms with Crippen molar-refractivity contribution in [1.82, 2.24) is 14.6 Å². The van der Waals surface area contributed by atoms with Crippen LogP contribution in [0.4, 0.5) is 4.79 Å². The maximum Gasteiger partial charge on any atom is 0.409 e. The first-order valence-electron chi connectivity index (χ1n) is 7.28. The van der Waals surface area contributed by atoms with Gasteiger partial charge in [0.2, 0.25) is 5.91 Å². The summed E-state index contributed by atoms with van der Waals surface area (Å²) in [5.74, 6) is -0.685. The van der Waals surface area contributed by atoms with E-state index in [0.29, 0.717) is 17.4 Å². The minimum absolute atomic E-state index is 0.0120. The van der Waals surface area contributed by atoms with Crippen LogP contribution in [0.25, 0.3) is 10.9 Å². The van der Waals surface area contributed by atoms with Gasteiger partial charge in [0.1, 0.15) is 6.61 Å². The topological polar surface area (TPSA) is 106 Å². The van der Waals surface area contributed by atoms with Gasteiger partial charge in [0.25, 0.3) is 10.0 Å². The molecule has 0 aliphatic carbocycles. The summed E-state index contributed by atoms with van der Waals surface area (Å²) in [5.41, 5.74) is 0.521. The second-order valence-corrected chi connectivity index (χ2v) is 6.86. The zero-order valence-electron chi connectivity index (χ0n) is 12.6. The number of aromatic nitrogens is 1.